The van der Waals surface area contributed by atoms with Gasteiger partial charge in [0.1, 0.15) is 17.8 Å². The zero-order valence-corrected chi connectivity index (χ0v) is 16.8. The number of para-hydroxylation sites is 1. The maximum absolute atomic E-state index is 5.88. The molecule has 1 aromatic heterocycles. The number of thioether (sulfide) groups is 1. The first-order chi connectivity index (χ1) is 14.3. The summed E-state index contributed by atoms with van der Waals surface area (Å²) in [6.07, 6.45) is 3.38. The Bertz CT molecular complexity index is 1090. The van der Waals surface area contributed by atoms with Gasteiger partial charge in [0.25, 0.3) is 0 Å². The quantitative estimate of drug-likeness (QED) is 0.301. The van der Waals surface area contributed by atoms with Gasteiger partial charge in [0.15, 0.2) is 0 Å². The average molecular weight is 401 g/mol. The van der Waals surface area contributed by atoms with Crippen molar-refractivity contribution in [2.75, 3.05) is 0 Å². The second-order valence-corrected chi connectivity index (χ2v) is 7.41. The van der Waals surface area contributed by atoms with Crippen molar-refractivity contribution in [3.05, 3.63) is 102 Å². The SMILES string of the molecule is Cc1ccc(CSc2nncn2/N=C\c2cccc(Oc3ccccc3)c2)cc1. The average Bonchev–Trinajstić information content (AvgIpc) is 3.20. The second-order valence-electron chi connectivity index (χ2n) is 6.46. The van der Waals surface area contributed by atoms with Gasteiger partial charge in [-0.3, -0.25) is 0 Å². The lowest BCUT2D eigenvalue weighted by atomic mass is 10.2. The van der Waals surface area contributed by atoms with Crippen molar-refractivity contribution < 1.29 is 4.74 Å². The summed E-state index contributed by atoms with van der Waals surface area (Å²) >= 11 is 1.60. The number of hydrogen-bond acceptors (Lipinski definition) is 5. The molecule has 0 spiro atoms. The largest absolute Gasteiger partial charge is 0.457 e. The number of rotatable bonds is 7. The summed E-state index contributed by atoms with van der Waals surface area (Å²) in [7, 11) is 0. The van der Waals surface area contributed by atoms with E-state index >= 15 is 0 Å². The third-order valence-corrected chi connectivity index (χ3v) is 5.16. The lowest BCUT2D eigenvalue weighted by molar-refractivity contribution is 0.482. The fourth-order valence-corrected chi connectivity index (χ4v) is 3.46. The van der Waals surface area contributed by atoms with E-state index in [1.54, 1.807) is 29.0 Å². The molecule has 5 nitrogen and oxygen atoms in total. The predicted molar refractivity (Wildman–Crippen MR) is 117 cm³/mol. The van der Waals surface area contributed by atoms with Crippen LogP contribution in [0.1, 0.15) is 16.7 Å². The predicted octanol–water partition coefficient (Wildman–Crippen LogP) is 5.55. The molecule has 0 aliphatic rings. The van der Waals surface area contributed by atoms with Crippen molar-refractivity contribution in [2.24, 2.45) is 5.10 Å². The van der Waals surface area contributed by atoms with Crippen LogP contribution < -0.4 is 4.74 Å². The van der Waals surface area contributed by atoms with E-state index in [1.165, 1.54) is 11.1 Å². The lowest BCUT2D eigenvalue weighted by Crippen LogP contribution is -1.93. The molecule has 144 valence electrons. The van der Waals surface area contributed by atoms with Gasteiger partial charge < -0.3 is 4.74 Å². The molecule has 29 heavy (non-hydrogen) atoms. The molecule has 0 aliphatic heterocycles. The van der Waals surface area contributed by atoms with E-state index in [4.69, 9.17) is 4.74 Å². The van der Waals surface area contributed by atoms with E-state index in [1.807, 2.05) is 54.6 Å². The molecule has 0 unspecified atom stereocenters. The maximum atomic E-state index is 5.88. The third-order valence-electron chi connectivity index (χ3n) is 4.16. The van der Waals surface area contributed by atoms with Crippen LogP contribution >= 0.6 is 11.8 Å². The van der Waals surface area contributed by atoms with E-state index in [9.17, 15) is 0 Å². The molecule has 0 atom stereocenters. The first-order valence-electron chi connectivity index (χ1n) is 9.22. The van der Waals surface area contributed by atoms with Crippen LogP contribution in [0.15, 0.2) is 95.4 Å². The molecule has 6 heteroatoms. The summed E-state index contributed by atoms with van der Waals surface area (Å²) < 4.78 is 7.56. The molecule has 4 rings (SSSR count). The van der Waals surface area contributed by atoms with Crippen molar-refractivity contribution in [3.63, 3.8) is 0 Å². The standard InChI is InChI=1S/C23H20N4OS/c1-18-10-12-19(13-11-18)16-29-23-26-24-17-27(23)25-15-20-6-5-9-22(14-20)28-21-7-3-2-4-8-21/h2-15,17H,16H2,1H3/b25-15-. The highest BCUT2D eigenvalue weighted by atomic mass is 32.2. The molecule has 0 aliphatic carbocycles. The van der Waals surface area contributed by atoms with Crippen LogP contribution in [0.5, 0.6) is 11.5 Å². The van der Waals surface area contributed by atoms with E-state index < -0.39 is 0 Å². The van der Waals surface area contributed by atoms with E-state index in [-0.39, 0.29) is 0 Å². The highest BCUT2D eigenvalue weighted by molar-refractivity contribution is 7.98. The summed E-state index contributed by atoms with van der Waals surface area (Å²) in [5, 5.41) is 13.4. The molecule has 0 bridgehead atoms. The Hall–Kier alpha value is -3.38. The van der Waals surface area contributed by atoms with Crippen LogP contribution in [0.4, 0.5) is 0 Å². The minimum Gasteiger partial charge on any atom is -0.457 e. The summed E-state index contributed by atoms with van der Waals surface area (Å²) in [5.41, 5.74) is 3.43. The normalized spacial score (nSPS) is 11.1. The highest BCUT2D eigenvalue weighted by Gasteiger charge is 2.05. The van der Waals surface area contributed by atoms with Gasteiger partial charge >= 0.3 is 0 Å². The molecular formula is C23H20N4OS. The Labute approximate surface area is 174 Å². The third kappa shape index (κ3) is 5.33. The van der Waals surface area contributed by atoms with Crippen LogP contribution in [0.25, 0.3) is 0 Å². The highest BCUT2D eigenvalue weighted by Crippen LogP contribution is 2.22. The lowest BCUT2D eigenvalue weighted by Gasteiger charge is -2.06. The molecule has 1 heterocycles. The fourth-order valence-electron chi connectivity index (χ4n) is 2.64. The number of aromatic nitrogens is 3. The smallest absolute Gasteiger partial charge is 0.212 e. The molecule has 0 amide bonds. The molecular weight excluding hydrogens is 380 g/mol. The first kappa shape index (κ1) is 19.0. The van der Waals surface area contributed by atoms with Gasteiger partial charge in [-0.1, -0.05) is 71.9 Å². The van der Waals surface area contributed by atoms with Crippen LogP contribution in [-0.2, 0) is 5.75 Å². The molecule has 0 N–H and O–H groups in total. The molecule has 3 aromatic carbocycles. The monoisotopic (exact) mass is 400 g/mol. The Kier molecular flexibility index (Phi) is 6.02. The van der Waals surface area contributed by atoms with Crippen molar-refractivity contribution in [2.45, 2.75) is 17.8 Å². The van der Waals surface area contributed by atoms with Crippen molar-refractivity contribution in [3.8, 4) is 11.5 Å². The van der Waals surface area contributed by atoms with E-state index in [0.717, 1.165) is 28.0 Å². The number of nitrogens with zero attached hydrogens (tertiary/aromatic N) is 4. The number of hydrogen-bond donors (Lipinski definition) is 0. The molecule has 0 radical (unpaired) electrons. The number of aryl methyl sites for hydroxylation is 1. The summed E-state index contributed by atoms with van der Waals surface area (Å²) in [6.45, 7) is 2.09. The molecule has 0 saturated heterocycles. The minimum absolute atomic E-state index is 0.749. The summed E-state index contributed by atoms with van der Waals surface area (Å²) in [6, 6.07) is 26.0. The van der Waals surface area contributed by atoms with Crippen molar-refractivity contribution in [1.82, 2.24) is 14.9 Å². The molecule has 4 aromatic rings. The van der Waals surface area contributed by atoms with Gasteiger partial charge in [-0.25, -0.2) is 0 Å². The molecule has 0 saturated carbocycles. The minimum atomic E-state index is 0.749. The Morgan fingerprint density at radius 3 is 2.59 bits per heavy atom. The zero-order chi connectivity index (χ0) is 19.9. The van der Waals surface area contributed by atoms with Gasteiger partial charge in [-0.05, 0) is 42.3 Å². The summed E-state index contributed by atoms with van der Waals surface area (Å²) in [5.74, 6) is 2.38. The zero-order valence-electron chi connectivity index (χ0n) is 16.0. The van der Waals surface area contributed by atoms with Crippen molar-refractivity contribution >= 4 is 18.0 Å². The summed E-state index contributed by atoms with van der Waals surface area (Å²) in [4.78, 5) is 0. The Morgan fingerprint density at radius 2 is 1.76 bits per heavy atom. The van der Waals surface area contributed by atoms with Crippen LogP contribution in [0.2, 0.25) is 0 Å². The van der Waals surface area contributed by atoms with Gasteiger partial charge in [0.05, 0.1) is 6.21 Å². The number of benzene rings is 3. The first-order valence-corrected chi connectivity index (χ1v) is 10.2. The van der Waals surface area contributed by atoms with Crippen LogP contribution in [-0.4, -0.2) is 21.1 Å². The topological polar surface area (TPSA) is 52.3 Å². The van der Waals surface area contributed by atoms with Gasteiger partial charge in [0, 0.05) is 5.75 Å². The van der Waals surface area contributed by atoms with Gasteiger partial charge in [-0.2, -0.15) is 9.78 Å². The van der Waals surface area contributed by atoms with E-state index in [2.05, 4.69) is 46.5 Å². The Balaban J connectivity index is 1.42. The second kappa shape index (κ2) is 9.21. The van der Waals surface area contributed by atoms with Crippen molar-refractivity contribution in [1.29, 1.82) is 0 Å². The number of ether oxygens (including phenoxy) is 1. The maximum Gasteiger partial charge on any atom is 0.212 e. The molecule has 0 fully saturated rings. The van der Waals surface area contributed by atoms with Crippen LogP contribution in [0.3, 0.4) is 0 Å². The van der Waals surface area contributed by atoms with Crippen LogP contribution in [0, 0.1) is 6.92 Å². The van der Waals surface area contributed by atoms with E-state index in [0.29, 0.717) is 0 Å². The van der Waals surface area contributed by atoms with Gasteiger partial charge in [-0.15, -0.1) is 10.2 Å². The Morgan fingerprint density at radius 1 is 0.966 bits per heavy atom. The fraction of sp³-hybridized carbons (Fsp3) is 0.0870. The van der Waals surface area contributed by atoms with Gasteiger partial charge in [0.2, 0.25) is 5.16 Å².